The molecule has 1 unspecified atom stereocenters. The van der Waals surface area contributed by atoms with E-state index in [1.165, 1.54) is 28.9 Å². The first-order valence-electron chi connectivity index (χ1n) is 7.03. The maximum atomic E-state index is 5.82. The van der Waals surface area contributed by atoms with E-state index >= 15 is 0 Å². The number of nitrogens with zero attached hydrogens (tertiary/aromatic N) is 2. The lowest BCUT2D eigenvalue weighted by Gasteiger charge is -2.22. The quantitative estimate of drug-likeness (QED) is 0.896. The molecule has 1 aliphatic rings. The monoisotopic (exact) mass is 255 g/mol. The van der Waals surface area contributed by atoms with Gasteiger partial charge in [0.15, 0.2) is 0 Å². The summed E-state index contributed by atoms with van der Waals surface area (Å²) in [6.45, 7) is 5.02. The first kappa shape index (κ1) is 12.4. The summed E-state index contributed by atoms with van der Waals surface area (Å²) >= 11 is 0. The Morgan fingerprint density at radius 2 is 2.21 bits per heavy atom. The molecule has 0 saturated carbocycles. The SMILES string of the molecule is Cc1cccc(-n2nc(C)c3c2CCC(CN)C3)c1. The van der Waals surface area contributed by atoms with Gasteiger partial charge in [-0.25, -0.2) is 4.68 Å². The van der Waals surface area contributed by atoms with Crippen LogP contribution in [0.4, 0.5) is 0 Å². The van der Waals surface area contributed by atoms with Gasteiger partial charge in [-0.3, -0.25) is 0 Å². The molecule has 1 heterocycles. The molecule has 0 spiro atoms. The molecule has 0 fully saturated rings. The lowest BCUT2D eigenvalue weighted by atomic mass is 9.86. The zero-order valence-corrected chi connectivity index (χ0v) is 11.7. The minimum atomic E-state index is 0.626. The molecule has 100 valence electrons. The van der Waals surface area contributed by atoms with Crippen LogP contribution in [-0.2, 0) is 12.8 Å². The predicted molar refractivity (Wildman–Crippen MR) is 77.6 cm³/mol. The summed E-state index contributed by atoms with van der Waals surface area (Å²) in [6, 6.07) is 8.55. The average molecular weight is 255 g/mol. The van der Waals surface area contributed by atoms with Crippen LogP contribution in [0.15, 0.2) is 24.3 Å². The number of fused-ring (bicyclic) bond motifs is 1. The number of nitrogens with two attached hydrogens (primary N) is 1. The molecule has 1 atom stereocenters. The molecular formula is C16H21N3. The fraction of sp³-hybridized carbons (Fsp3) is 0.438. The average Bonchev–Trinajstić information content (AvgIpc) is 2.76. The molecular weight excluding hydrogens is 234 g/mol. The van der Waals surface area contributed by atoms with Crippen LogP contribution in [0, 0.1) is 19.8 Å². The number of benzene rings is 1. The Labute approximate surface area is 114 Å². The van der Waals surface area contributed by atoms with Gasteiger partial charge in [0.2, 0.25) is 0 Å². The molecule has 1 aromatic heterocycles. The van der Waals surface area contributed by atoms with Crippen LogP contribution in [0.1, 0.15) is 28.9 Å². The predicted octanol–water partition coefficient (Wildman–Crippen LogP) is 2.55. The van der Waals surface area contributed by atoms with Crippen LogP contribution < -0.4 is 5.73 Å². The van der Waals surface area contributed by atoms with Crippen LogP contribution in [0.3, 0.4) is 0 Å². The number of aromatic nitrogens is 2. The fourth-order valence-electron chi connectivity index (χ4n) is 3.04. The minimum absolute atomic E-state index is 0.626. The summed E-state index contributed by atoms with van der Waals surface area (Å²) in [4.78, 5) is 0. The Bertz CT molecular complexity index is 598. The van der Waals surface area contributed by atoms with Gasteiger partial charge in [-0.1, -0.05) is 12.1 Å². The molecule has 3 nitrogen and oxygen atoms in total. The number of hydrogen-bond donors (Lipinski definition) is 1. The van der Waals surface area contributed by atoms with Gasteiger partial charge in [0, 0.05) is 5.69 Å². The molecule has 0 amide bonds. The van der Waals surface area contributed by atoms with E-state index in [-0.39, 0.29) is 0 Å². The first-order chi connectivity index (χ1) is 9.19. The topological polar surface area (TPSA) is 43.8 Å². The van der Waals surface area contributed by atoms with E-state index in [0.29, 0.717) is 5.92 Å². The van der Waals surface area contributed by atoms with Gasteiger partial charge in [-0.05, 0) is 68.8 Å². The molecule has 0 radical (unpaired) electrons. The molecule has 19 heavy (non-hydrogen) atoms. The van der Waals surface area contributed by atoms with Crippen molar-refractivity contribution in [3.05, 3.63) is 46.8 Å². The zero-order valence-electron chi connectivity index (χ0n) is 11.7. The Kier molecular flexibility index (Phi) is 3.15. The van der Waals surface area contributed by atoms with E-state index in [9.17, 15) is 0 Å². The maximum Gasteiger partial charge on any atom is 0.0651 e. The lowest BCUT2D eigenvalue weighted by Crippen LogP contribution is -2.23. The van der Waals surface area contributed by atoms with Crippen LogP contribution in [0.5, 0.6) is 0 Å². The first-order valence-corrected chi connectivity index (χ1v) is 7.03. The smallest absolute Gasteiger partial charge is 0.0651 e. The van der Waals surface area contributed by atoms with E-state index < -0.39 is 0 Å². The van der Waals surface area contributed by atoms with Crippen molar-refractivity contribution in [3.8, 4) is 5.69 Å². The summed E-state index contributed by atoms with van der Waals surface area (Å²) in [5.74, 6) is 0.626. The van der Waals surface area contributed by atoms with Crippen molar-refractivity contribution >= 4 is 0 Å². The van der Waals surface area contributed by atoms with Gasteiger partial charge in [-0.15, -0.1) is 0 Å². The van der Waals surface area contributed by atoms with Crippen molar-refractivity contribution in [1.82, 2.24) is 9.78 Å². The molecule has 3 heteroatoms. The highest BCUT2D eigenvalue weighted by Crippen LogP contribution is 2.29. The largest absolute Gasteiger partial charge is 0.330 e. The van der Waals surface area contributed by atoms with Crippen LogP contribution in [-0.4, -0.2) is 16.3 Å². The Hall–Kier alpha value is -1.61. The van der Waals surface area contributed by atoms with Crippen molar-refractivity contribution in [3.63, 3.8) is 0 Å². The summed E-state index contributed by atoms with van der Waals surface area (Å²) < 4.78 is 2.13. The highest BCUT2D eigenvalue weighted by Gasteiger charge is 2.24. The van der Waals surface area contributed by atoms with Crippen molar-refractivity contribution in [1.29, 1.82) is 0 Å². The molecule has 0 bridgehead atoms. The fourth-order valence-corrected chi connectivity index (χ4v) is 3.04. The van der Waals surface area contributed by atoms with Crippen molar-refractivity contribution in [2.75, 3.05) is 6.54 Å². The second kappa shape index (κ2) is 4.82. The molecule has 0 saturated heterocycles. The summed E-state index contributed by atoms with van der Waals surface area (Å²) in [5, 5.41) is 4.75. The third-order valence-corrected chi connectivity index (χ3v) is 4.15. The minimum Gasteiger partial charge on any atom is -0.330 e. The third kappa shape index (κ3) is 2.19. The van der Waals surface area contributed by atoms with Crippen molar-refractivity contribution in [2.24, 2.45) is 11.7 Å². The van der Waals surface area contributed by atoms with Crippen LogP contribution in [0.25, 0.3) is 5.69 Å². The van der Waals surface area contributed by atoms with Crippen molar-refractivity contribution in [2.45, 2.75) is 33.1 Å². The van der Waals surface area contributed by atoms with Gasteiger partial charge >= 0.3 is 0 Å². The standard InChI is InChI=1S/C16H21N3/c1-11-4-3-5-14(8-11)19-16-7-6-13(10-17)9-15(16)12(2)18-19/h3-5,8,13H,6-7,9-10,17H2,1-2H3. The Balaban J connectivity index is 2.05. The highest BCUT2D eigenvalue weighted by atomic mass is 15.3. The maximum absolute atomic E-state index is 5.82. The zero-order chi connectivity index (χ0) is 13.4. The van der Waals surface area contributed by atoms with Gasteiger partial charge in [0.25, 0.3) is 0 Å². The molecule has 1 aromatic carbocycles. The van der Waals surface area contributed by atoms with Crippen molar-refractivity contribution < 1.29 is 0 Å². The van der Waals surface area contributed by atoms with E-state index in [0.717, 1.165) is 25.1 Å². The van der Waals surface area contributed by atoms with Gasteiger partial charge in [-0.2, -0.15) is 5.10 Å². The number of rotatable bonds is 2. The highest BCUT2D eigenvalue weighted by molar-refractivity contribution is 5.40. The molecule has 1 aliphatic carbocycles. The molecule has 3 rings (SSSR count). The molecule has 0 aliphatic heterocycles. The van der Waals surface area contributed by atoms with E-state index in [1.807, 2.05) is 0 Å². The Morgan fingerprint density at radius 3 is 2.95 bits per heavy atom. The molecule has 2 N–H and O–H groups in total. The van der Waals surface area contributed by atoms with E-state index in [1.54, 1.807) is 0 Å². The third-order valence-electron chi connectivity index (χ3n) is 4.15. The summed E-state index contributed by atoms with van der Waals surface area (Å²) in [7, 11) is 0. The van der Waals surface area contributed by atoms with Crippen LogP contribution in [0.2, 0.25) is 0 Å². The molecule has 2 aromatic rings. The number of aryl methyl sites for hydroxylation is 2. The lowest BCUT2D eigenvalue weighted by molar-refractivity contribution is 0.461. The van der Waals surface area contributed by atoms with Gasteiger partial charge in [0.1, 0.15) is 0 Å². The van der Waals surface area contributed by atoms with E-state index in [4.69, 9.17) is 10.8 Å². The summed E-state index contributed by atoms with van der Waals surface area (Å²) in [6.07, 6.45) is 3.36. The number of hydrogen-bond acceptors (Lipinski definition) is 2. The second-order valence-electron chi connectivity index (χ2n) is 5.61. The van der Waals surface area contributed by atoms with Gasteiger partial charge < -0.3 is 5.73 Å². The second-order valence-corrected chi connectivity index (χ2v) is 5.61. The van der Waals surface area contributed by atoms with Gasteiger partial charge in [0.05, 0.1) is 11.4 Å². The normalized spacial score (nSPS) is 18.4. The Morgan fingerprint density at radius 1 is 1.37 bits per heavy atom. The van der Waals surface area contributed by atoms with E-state index in [2.05, 4.69) is 42.8 Å². The summed E-state index contributed by atoms with van der Waals surface area (Å²) in [5.41, 5.74) is 12.2. The van der Waals surface area contributed by atoms with Crippen LogP contribution >= 0.6 is 0 Å².